The molecule has 1 heterocycles. The van der Waals surface area contributed by atoms with Crippen LogP contribution in [0.25, 0.3) is 0 Å². The molecule has 0 radical (unpaired) electrons. The van der Waals surface area contributed by atoms with Crippen LogP contribution in [0, 0.1) is 5.92 Å². The van der Waals surface area contributed by atoms with Gasteiger partial charge in [-0.05, 0) is 5.92 Å². The van der Waals surface area contributed by atoms with Gasteiger partial charge in [-0.25, -0.2) is 4.99 Å². The van der Waals surface area contributed by atoms with Crippen LogP contribution in [0.15, 0.2) is 11.3 Å². The lowest BCUT2D eigenvalue weighted by molar-refractivity contribution is -0.127. The summed E-state index contributed by atoms with van der Waals surface area (Å²) in [6, 6.07) is 0. The van der Waals surface area contributed by atoms with E-state index in [0.717, 1.165) is 25.3 Å². The van der Waals surface area contributed by atoms with Gasteiger partial charge in [-0.15, -0.1) is 10.2 Å². The van der Waals surface area contributed by atoms with Crippen molar-refractivity contribution in [2.45, 2.75) is 33.7 Å². The quantitative estimate of drug-likeness (QED) is 0.524. The molecule has 1 aromatic rings. The number of aromatic nitrogens is 3. The van der Waals surface area contributed by atoms with Gasteiger partial charge in [-0.2, -0.15) is 0 Å². The average Bonchev–Trinajstić information content (AvgIpc) is 2.96. The molecule has 130 valence electrons. The van der Waals surface area contributed by atoms with E-state index in [2.05, 4.69) is 46.6 Å². The molecule has 0 spiro atoms. The molecule has 0 unspecified atom stereocenters. The van der Waals surface area contributed by atoms with Gasteiger partial charge in [0.2, 0.25) is 5.91 Å². The smallest absolute Gasteiger partial charge is 0.243 e. The predicted octanol–water partition coefficient (Wildman–Crippen LogP) is 0.120. The van der Waals surface area contributed by atoms with Gasteiger partial charge >= 0.3 is 0 Å². The summed E-state index contributed by atoms with van der Waals surface area (Å²) in [7, 11) is 3.45. The molecule has 0 aliphatic rings. The number of rotatable bonds is 8. The van der Waals surface area contributed by atoms with Crippen LogP contribution in [0.2, 0.25) is 0 Å². The maximum absolute atomic E-state index is 11.7. The Hall–Kier alpha value is -2.12. The van der Waals surface area contributed by atoms with Crippen LogP contribution in [0.1, 0.15) is 26.6 Å². The van der Waals surface area contributed by atoms with Crippen LogP contribution in [0.5, 0.6) is 0 Å². The molecule has 8 heteroatoms. The predicted molar refractivity (Wildman–Crippen MR) is 91.2 cm³/mol. The number of hydrogen-bond acceptors (Lipinski definition) is 4. The Labute approximate surface area is 138 Å². The summed E-state index contributed by atoms with van der Waals surface area (Å²) in [6.07, 6.45) is 2.58. The molecule has 0 aromatic carbocycles. The molecule has 23 heavy (non-hydrogen) atoms. The van der Waals surface area contributed by atoms with Crippen LogP contribution in [0.3, 0.4) is 0 Å². The molecule has 0 bridgehead atoms. The minimum absolute atomic E-state index is 0.0253. The molecule has 0 fully saturated rings. The van der Waals surface area contributed by atoms with E-state index >= 15 is 0 Å². The first-order valence-electron chi connectivity index (χ1n) is 8.03. The highest BCUT2D eigenvalue weighted by atomic mass is 16.2. The lowest BCUT2D eigenvalue weighted by atomic mass is 10.2. The molecule has 0 aliphatic heterocycles. The van der Waals surface area contributed by atoms with Gasteiger partial charge in [0.25, 0.3) is 0 Å². The third-order valence-corrected chi connectivity index (χ3v) is 3.21. The molecule has 0 saturated heterocycles. The number of aryl methyl sites for hydroxylation is 1. The third-order valence-electron chi connectivity index (χ3n) is 3.21. The second-order valence-corrected chi connectivity index (χ2v) is 5.95. The summed E-state index contributed by atoms with van der Waals surface area (Å²) in [5.74, 6) is 2.09. The van der Waals surface area contributed by atoms with Crippen molar-refractivity contribution in [3.05, 3.63) is 12.2 Å². The van der Waals surface area contributed by atoms with Crippen LogP contribution in [-0.2, 0) is 17.8 Å². The first-order chi connectivity index (χ1) is 10.9. The molecular weight excluding hydrogens is 294 g/mol. The zero-order chi connectivity index (χ0) is 17.2. The summed E-state index contributed by atoms with van der Waals surface area (Å²) in [6.45, 7) is 8.67. The van der Waals surface area contributed by atoms with Crippen LogP contribution < -0.4 is 10.6 Å². The number of nitrogens with one attached hydrogen (secondary N) is 2. The molecule has 0 saturated carbocycles. The van der Waals surface area contributed by atoms with Gasteiger partial charge < -0.3 is 20.1 Å². The highest BCUT2D eigenvalue weighted by molar-refractivity contribution is 5.84. The Morgan fingerprint density at radius 3 is 2.74 bits per heavy atom. The Balaban J connectivity index is 2.54. The zero-order valence-electron chi connectivity index (χ0n) is 14.8. The number of nitrogens with zero attached hydrogens (tertiary/aromatic N) is 5. The van der Waals surface area contributed by atoms with E-state index in [9.17, 15) is 4.79 Å². The normalized spacial score (nSPS) is 11.7. The van der Waals surface area contributed by atoms with Crippen molar-refractivity contribution in [3.63, 3.8) is 0 Å². The highest BCUT2D eigenvalue weighted by Crippen LogP contribution is 1.95. The first-order valence-corrected chi connectivity index (χ1v) is 8.03. The fourth-order valence-corrected chi connectivity index (χ4v) is 1.80. The Morgan fingerprint density at radius 1 is 1.39 bits per heavy atom. The Morgan fingerprint density at radius 2 is 2.13 bits per heavy atom. The van der Waals surface area contributed by atoms with Gasteiger partial charge in [-0.1, -0.05) is 20.8 Å². The van der Waals surface area contributed by atoms with Gasteiger partial charge in [0.1, 0.15) is 18.7 Å². The maximum Gasteiger partial charge on any atom is 0.243 e. The zero-order valence-corrected chi connectivity index (χ0v) is 14.8. The molecular formula is C15H29N7O. The first kappa shape index (κ1) is 18.9. The number of carbonyl (C=O) groups excluding carboxylic acids is 1. The van der Waals surface area contributed by atoms with E-state index in [1.54, 1.807) is 20.4 Å². The van der Waals surface area contributed by atoms with E-state index in [0.29, 0.717) is 18.4 Å². The molecule has 0 atom stereocenters. The van der Waals surface area contributed by atoms with E-state index in [-0.39, 0.29) is 12.5 Å². The molecule has 8 nitrogen and oxygen atoms in total. The summed E-state index contributed by atoms with van der Waals surface area (Å²) >= 11 is 0. The average molecular weight is 323 g/mol. The summed E-state index contributed by atoms with van der Waals surface area (Å²) in [4.78, 5) is 17.5. The second-order valence-electron chi connectivity index (χ2n) is 5.95. The summed E-state index contributed by atoms with van der Waals surface area (Å²) < 4.78 is 2.01. The van der Waals surface area contributed by atoms with Crippen molar-refractivity contribution in [1.29, 1.82) is 0 Å². The summed E-state index contributed by atoms with van der Waals surface area (Å²) in [5.41, 5.74) is 0. The van der Waals surface area contributed by atoms with E-state index in [1.165, 1.54) is 4.90 Å². The Bertz CT molecular complexity index is 508. The van der Waals surface area contributed by atoms with Crippen molar-refractivity contribution in [1.82, 2.24) is 30.3 Å². The van der Waals surface area contributed by atoms with Gasteiger partial charge in [-0.3, -0.25) is 4.79 Å². The summed E-state index contributed by atoms with van der Waals surface area (Å²) in [5, 5.41) is 14.5. The number of hydrogen-bond donors (Lipinski definition) is 2. The largest absolute Gasteiger partial charge is 0.356 e. The lowest BCUT2D eigenvalue weighted by Gasteiger charge is -2.15. The molecule has 1 aromatic heterocycles. The Kier molecular flexibility index (Phi) is 8.07. The van der Waals surface area contributed by atoms with E-state index in [4.69, 9.17) is 0 Å². The SMILES string of the molecule is CCc1nncn1CCNC(=NCC(=O)N(C)C)NCC(C)C. The minimum Gasteiger partial charge on any atom is -0.356 e. The molecule has 1 amide bonds. The maximum atomic E-state index is 11.7. The second kappa shape index (κ2) is 9.81. The lowest BCUT2D eigenvalue weighted by Crippen LogP contribution is -2.41. The van der Waals surface area contributed by atoms with Gasteiger partial charge in [0, 0.05) is 40.2 Å². The van der Waals surface area contributed by atoms with Crippen LogP contribution in [-0.4, -0.2) is 65.3 Å². The van der Waals surface area contributed by atoms with Crippen molar-refractivity contribution >= 4 is 11.9 Å². The number of guanidine groups is 1. The third kappa shape index (κ3) is 7.12. The number of carbonyl (C=O) groups is 1. The molecule has 0 aliphatic carbocycles. The van der Waals surface area contributed by atoms with Crippen molar-refractivity contribution in [2.75, 3.05) is 33.7 Å². The van der Waals surface area contributed by atoms with Gasteiger partial charge in [0.05, 0.1) is 0 Å². The van der Waals surface area contributed by atoms with E-state index < -0.39 is 0 Å². The number of aliphatic imine (C=N–C) groups is 1. The number of likely N-dealkylation sites (N-methyl/N-ethyl adjacent to an activating group) is 1. The molecule has 2 N–H and O–H groups in total. The standard InChI is InChI=1S/C15H29N7O/c1-6-13-20-19-11-22(13)8-7-16-15(17-9-12(2)3)18-10-14(23)21(4)5/h11-12H,6-10H2,1-5H3,(H2,16,17,18). The molecule has 1 rings (SSSR count). The fourth-order valence-electron chi connectivity index (χ4n) is 1.80. The van der Waals surface area contributed by atoms with Crippen molar-refractivity contribution < 1.29 is 4.79 Å². The van der Waals surface area contributed by atoms with Gasteiger partial charge in [0.15, 0.2) is 5.96 Å². The monoisotopic (exact) mass is 323 g/mol. The highest BCUT2D eigenvalue weighted by Gasteiger charge is 2.06. The van der Waals surface area contributed by atoms with Crippen LogP contribution in [0.4, 0.5) is 0 Å². The van der Waals surface area contributed by atoms with Crippen LogP contribution >= 0.6 is 0 Å². The van der Waals surface area contributed by atoms with Crippen molar-refractivity contribution in [3.8, 4) is 0 Å². The minimum atomic E-state index is -0.0253. The topological polar surface area (TPSA) is 87.4 Å². The number of amides is 1. The van der Waals surface area contributed by atoms with Crippen molar-refractivity contribution in [2.24, 2.45) is 10.9 Å². The fraction of sp³-hybridized carbons (Fsp3) is 0.733. The van der Waals surface area contributed by atoms with E-state index in [1.807, 2.05) is 4.57 Å².